The molecule has 0 aliphatic carbocycles. The topological polar surface area (TPSA) is 70.2 Å². The number of pyridine rings is 1. The summed E-state index contributed by atoms with van der Waals surface area (Å²) < 4.78 is 25.7. The van der Waals surface area contributed by atoms with Crippen LogP contribution in [0.25, 0.3) is 0 Å². The third-order valence-corrected chi connectivity index (χ3v) is 4.60. The van der Waals surface area contributed by atoms with Crippen molar-refractivity contribution < 1.29 is 8.42 Å². The van der Waals surface area contributed by atoms with Crippen LogP contribution in [0.1, 0.15) is 19.3 Å². The van der Waals surface area contributed by atoms with Gasteiger partial charge < -0.3 is 4.98 Å². The van der Waals surface area contributed by atoms with Gasteiger partial charge in [0.05, 0.1) is 4.90 Å². The van der Waals surface area contributed by atoms with Crippen molar-refractivity contribution in [1.82, 2.24) is 9.29 Å². The molecular formula is C10H14N2O3S. The van der Waals surface area contributed by atoms with Gasteiger partial charge in [-0.2, -0.15) is 4.31 Å². The maximum Gasteiger partial charge on any atom is 0.247 e. The third kappa shape index (κ3) is 2.17. The van der Waals surface area contributed by atoms with Crippen molar-refractivity contribution in [1.29, 1.82) is 0 Å². The number of piperidine rings is 1. The van der Waals surface area contributed by atoms with Crippen LogP contribution in [-0.2, 0) is 10.0 Å². The van der Waals surface area contributed by atoms with E-state index in [1.807, 2.05) is 0 Å². The summed E-state index contributed by atoms with van der Waals surface area (Å²) in [7, 11) is -3.42. The fourth-order valence-corrected chi connectivity index (χ4v) is 3.30. The minimum absolute atomic E-state index is 0.161. The molecule has 0 bridgehead atoms. The molecule has 1 aromatic heterocycles. The second kappa shape index (κ2) is 4.39. The molecule has 0 saturated carbocycles. The molecule has 0 unspecified atom stereocenters. The lowest BCUT2D eigenvalue weighted by Crippen LogP contribution is -2.35. The average Bonchev–Trinajstić information content (AvgIpc) is 2.31. The minimum Gasteiger partial charge on any atom is -0.328 e. The summed E-state index contributed by atoms with van der Waals surface area (Å²) in [4.78, 5) is 13.4. The van der Waals surface area contributed by atoms with E-state index in [1.165, 1.54) is 22.6 Å². The number of sulfonamides is 1. The smallest absolute Gasteiger partial charge is 0.247 e. The Hall–Kier alpha value is -1.14. The lowest BCUT2D eigenvalue weighted by molar-refractivity contribution is 0.346. The second-order valence-electron chi connectivity index (χ2n) is 3.85. The summed E-state index contributed by atoms with van der Waals surface area (Å²) in [6.45, 7) is 1.14. The van der Waals surface area contributed by atoms with Crippen molar-refractivity contribution in [2.24, 2.45) is 0 Å². The normalized spacial score (nSPS) is 18.5. The highest BCUT2D eigenvalue weighted by Crippen LogP contribution is 2.18. The van der Waals surface area contributed by atoms with Crippen LogP contribution in [0.15, 0.2) is 28.0 Å². The monoisotopic (exact) mass is 242 g/mol. The molecule has 0 atom stereocenters. The van der Waals surface area contributed by atoms with Gasteiger partial charge in [-0.25, -0.2) is 8.42 Å². The summed E-state index contributed by atoms with van der Waals surface area (Å²) in [5, 5.41) is 0. The summed E-state index contributed by atoms with van der Waals surface area (Å²) in [6.07, 6.45) is 4.15. The molecule has 1 N–H and O–H groups in total. The van der Waals surface area contributed by atoms with Gasteiger partial charge in [-0.1, -0.05) is 6.42 Å². The van der Waals surface area contributed by atoms with Gasteiger partial charge in [0.1, 0.15) is 0 Å². The zero-order valence-corrected chi connectivity index (χ0v) is 9.66. The lowest BCUT2D eigenvalue weighted by atomic mass is 10.2. The first-order valence-electron chi connectivity index (χ1n) is 5.29. The van der Waals surface area contributed by atoms with Crippen molar-refractivity contribution in [3.05, 3.63) is 28.7 Å². The van der Waals surface area contributed by atoms with E-state index in [0.717, 1.165) is 19.3 Å². The predicted molar refractivity (Wildman–Crippen MR) is 59.7 cm³/mol. The van der Waals surface area contributed by atoms with E-state index in [2.05, 4.69) is 4.98 Å². The first-order chi connectivity index (χ1) is 7.60. The molecule has 2 rings (SSSR count). The highest BCUT2D eigenvalue weighted by Gasteiger charge is 2.25. The van der Waals surface area contributed by atoms with Gasteiger partial charge in [0.25, 0.3) is 0 Å². The van der Waals surface area contributed by atoms with E-state index in [9.17, 15) is 13.2 Å². The van der Waals surface area contributed by atoms with E-state index in [1.54, 1.807) is 0 Å². The highest BCUT2D eigenvalue weighted by atomic mass is 32.2. The lowest BCUT2D eigenvalue weighted by Gasteiger charge is -2.25. The van der Waals surface area contributed by atoms with E-state index in [0.29, 0.717) is 13.1 Å². The van der Waals surface area contributed by atoms with Crippen LogP contribution in [0.5, 0.6) is 0 Å². The van der Waals surface area contributed by atoms with Gasteiger partial charge in [-0.3, -0.25) is 4.79 Å². The van der Waals surface area contributed by atoms with Crippen LogP contribution in [0.3, 0.4) is 0 Å². The van der Waals surface area contributed by atoms with Crippen LogP contribution in [0, 0.1) is 0 Å². The van der Waals surface area contributed by atoms with Gasteiger partial charge >= 0.3 is 0 Å². The Kier molecular flexibility index (Phi) is 3.11. The molecule has 0 spiro atoms. The summed E-state index contributed by atoms with van der Waals surface area (Å²) in [5.74, 6) is 0. The number of aromatic nitrogens is 1. The fraction of sp³-hybridized carbons (Fsp3) is 0.500. The Balaban J connectivity index is 2.30. The molecule has 1 aromatic rings. The number of rotatable bonds is 2. The molecule has 5 nitrogen and oxygen atoms in total. The number of aromatic amines is 1. The van der Waals surface area contributed by atoms with Gasteiger partial charge in [-0.05, 0) is 18.9 Å². The van der Waals surface area contributed by atoms with E-state index in [-0.39, 0.29) is 10.5 Å². The van der Waals surface area contributed by atoms with Crippen LogP contribution in [0.4, 0.5) is 0 Å². The van der Waals surface area contributed by atoms with Crippen LogP contribution < -0.4 is 5.56 Å². The first kappa shape index (κ1) is 11.3. The average molecular weight is 242 g/mol. The van der Waals surface area contributed by atoms with E-state index < -0.39 is 10.0 Å². The van der Waals surface area contributed by atoms with Crippen molar-refractivity contribution in [2.45, 2.75) is 24.2 Å². The molecule has 1 aliphatic rings. The Bertz CT molecular complexity index is 495. The SMILES string of the molecule is O=c1ccc(S(=O)(=O)N2CCCCC2)c[nH]1. The quantitative estimate of drug-likeness (QED) is 0.823. The maximum absolute atomic E-state index is 12.1. The Morgan fingerprint density at radius 2 is 1.81 bits per heavy atom. The molecule has 1 aliphatic heterocycles. The van der Waals surface area contributed by atoms with E-state index >= 15 is 0 Å². The van der Waals surface area contributed by atoms with Gasteiger partial charge in [-0.15, -0.1) is 0 Å². The number of nitrogens with zero attached hydrogens (tertiary/aromatic N) is 1. The van der Waals surface area contributed by atoms with Crippen molar-refractivity contribution in [3.63, 3.8) is 0 Å². The van der Waals surface area contributed by atoms with Crippen molar-refractivity contribution in [2.75, 3.05) is 13.1 Å². The highest BCUT2D eigenvalue weighted by molar-refractivity contribution is 7.89. The molecule has 1 saturated heterocycles. The molecule has 0 amide bonds. The Morgan fingerprint density at radius 3 is 2.38 bits per heavy atom. The van der Waals surface area contributed by atoms with Crippen molar-refractivity contribution in [3.8, 4) is 0 Å². The molecule has 6 heteroatoms. The maximum atomic E-state index is 12.1. The number of H-pyrrole nitrogens is 1. The molecule has 16 heavy (non-hydrogen) atoms. The molecule has 88 valence electrons. The summed E-state index contributed by atoms with van der Waals surface area (Å²) in [5.41, 5.74) is -0.294. The minimum atomic E-state index is -3.42. The van der Waals surface area contributed by atoms with Gasteiger partial charge in [0, 0.05) is 25.4 Å². The first-order valence-corrected chi connectivity index (χ1v) is 6.73. The fourth-order valence-electron chi connectivity index (χ4n) is 1.81. The number of hydrogen-bond acceptors (Lipinski definition) is 3. The number of hydrogen-bond donors (Lipinski definition) is 1. The van der Waals surface area contributed by atoms with E-state index in [4.69, 9.17) is 0 Å². The largest absolute Gasteiger partial charge is 0.328 e. The molecule has 1 fully saturated rings. The van der Waals surface area contributed by atoms with Crippen LogP contribution in [-0.4, -0.2) is 30.8 Å². The number of nitrogens with one attached hydrogen (secondary N) is 1. The van der Waals surface area contributed by atoms with Gasteiger partial charge in [0.15, 0.2) is 0 Å². The van der Waals surface area contributed by atoms with Crippen LogP contribution >= 0.6 is 0 Å². The summed E-state index contributed by atoms with van der Waals surface area (Å²) >= 11 is 0. The van der Waals surface area contributed by atoms with Crippen molar-refractivity contribution >= 4 is 10.0 Å². The Morgan fingerprint density at radius 1 is 1.12 bits per heavy atom. The third-order valence-electron chi connectivity index (χ3n) is 2.71. The molecule has 0 radical (unpaired) electrons. The standard InChI is InChI=1S/C10H14N2O3S/c13-10-5-4-9(8-11-10)16(14,15)12-6-2-1-3-7-12/h4-5,8H,1-3,6-7H2,(H,11,13). The van der Waals surface area contributed by atoms with Crippen LogP contribution in [0.2, 0.25) is 0 Å². The zero-order chi connectivity index (χ0) is 11.6. The summed E-state index contributed by atoms with van der Waals surface area (Å²) in [6, 6.07) is 2.58. The Labute approximate surface area is 94.2 Å². The van der Waals surface area contributed by atoms with Gasteiger partial charge in [0.2, 0.25) is 15.6 Å². The molecule has 0 aromatic carbocycles. The predicted octanol–water partition coefficient (Wildman–Crippen LogP) is 0.550. The molecule has 2 heterocycles. The second-order valence-corrected chi connectivity index (χ2v) is 5.79. The zero-order valence-electron chi connectivity index (χ0n) is 8.85. The molecular weight excluding hydrogens is 228 g/mol.